The molecule has 0 amide bonds. The van der Waals surface area contributed by atoms with Gasteiger partial charge in [-0.1, -0.05) is 105 Å². The van der Waals surface area contributed by atoms with E-state index in [-0.39, 0.29) is 18.1 Å². The number of hydrogen-bond donors (Lipinski definition) is 0. The minimum atomic E-state index is -0.547. The Labute approximate surface area is 178 Å². The average Bonchev–Trinajstić information content (AvgIpc) is 3.49. The maximum Gasteiger partial charge on any atom is 0.325 e. The molecule has 0 radical (unpaired) electrons. The Morgan fingerprint density at radius 3 is 1.53 bits per heavy atom. The van der Waals surface area contributed by atoms with Gasteiger partial charge in [-0.2, -0.15) is 0 Å². The summed E-state index contributed by atoms with van der Waals surface area (Å²) in [5.74, 6) is -0.0872. The lowest BCUT2D eigenvalue weighted by Crippen LogP contribution is -2.47. The molecule has 2 heterocycles. The number of carbonyl (C=O) groups excluding carboxylic acids is 1. The van der Waals surface area contributed by atoms with Gasteiger partial charge in [-0.05, 0) is 29.5 Å². The van der Waals surface area contributed by atoms with Crippen molar-refractivity contribution < 1.29 is 9.53 Å². The molecular weight excluding hydrogens is 370 g/mol. The molecule has 3 atom stereocenters. The highest BCUT2D eigenvalue weighted by Crippen LogP contribution is 2.59. The molecule has 0 aromatic heterocycles. The van der Waals surface area contributed by atoms with Crippen LogP contribution in [0.5, 0.6) is 0 Å². The zero-order valence-electron chi connectivity index (χ0n) is 17.5. The summed E-state index contributed by atoms with van der Waals surface area (Å²) >= 11 is 0. The lowest BCUT2D eigenvalue weighted by atomic mass is 9.76. The maximum atomic E-state index is 13.0. The van der Waals surface area contributed by atoms with Crippen molar-refractivity contribution in [2.75, 3.05) is 0 Å². The number of esters is 1. The maximum absolute atomic E-state index is 13.0. The van der Waals surface area contributed by atoms with Gasteiger partial charge in [0.15, 0.2) is 0 Å². The van der Waals surface area contributed by atoms with Gasteiger partial charge in [0.1, 0.15) is 11.6 Å². The Hall–Kier alpha value is -2.91. The third-order valence-corrected chi connectivity index (χ3v) is 7.05. The van der Waals surface area contributed by atoms with Gasteiger partial charge in [0.2, 0.25) is 0 Å². The predicted octanol–water partition coefficient (Wildman–Crippen LogP) is 5.15. The van der Waals surface area contributed by atoms with Crippen LogP contribution in [0.3, 0.4) is 0 Å². The van der Waals surface area contributed by atoms with E-state index in [1.807, 2.05) is 18.2 Å². The Morgan fingerprint density at radius 1 is 0.767 bits per heavy atom. The van der Waals surface area contributed by atoms with Crippen LogP contribution in [0, 0.1) is 0 Å². The molecule has 0 aliphatic carbocycles. The summed E-state index contributed by atoms with van der Waals surface area (Å²) in [5, 5.41) is 0. The van der Waals surface area contributed by atoms with Crippen LogP contribution < -0.4 is 0 Å². The summed E-state index contributed by atoms with van der Waals surface area (Å²) in [6.45, 7) is 4.26. The first kappa shape index (κ1) is 19.1. The molecule has 2 aliphatic heterocycles. The Balaban J connectivity index is 1.80. The average molecular weight is 398 g/mol. The summed E-state index contributed by atoms with van der Waals surface area (Å²) in [5.41, 5.74) is 2.54. The number of morpholine rings is 1. The standard InChI is InChI=1S/C27H27NO2/c1-3-26(4-2)24-23(25(29)30-26)28(24)27(20-14-8-5-9-15-20,21-16-10-6-11-17-21)22-18-12-7-13-19-22/h5-19,23-24H,3-4H2,1-2H3. The van der Waals surface area contributed by atoms with E-state index in [2.05, 4.69) is 91.5 Å². The van der Waals surface area contributed by atoms with Crippen molar-refractivity contribution in [3.8, 4) is 0 Å². The van der Waals surface area contributed by atoms with Gasteiger partial charge in [-0.15, -0.1) is 0 Å². The first-order chi connectivity index (χ1) is 14.7. The van der Waals surface area contributed by atoms with Crippen LogP contribution in [0.4, 0.5) is 0 Å². The number of nitrogens with zero attached hydrogens (tertiary/aromatic N) is 1. The number of carbonyl (C=O) groups is 1. The highest BCUT2D eigenvalue weighted by atomic mass is 16.6. The minimum Gasteiger partial charge on any atom is -0.456 e. The fourth-order valence-electron chi connectivity index (χ4n) is 5.55. The first-order valence-corrected chi connectivity index (χ1v) is 10.9. The molecule has 2 fully saturated rings. The predicted molar refractivity (Wildman–Crippen MR) is 118 cm³/mol. The number of benzene rings is 3. The minimum absolute atomic E-state index is 0.0700. The molecule has 3 nitrogen and oxygen atoms in total. The van der Waals surface area contributed by atoms with Crippen LogP contribution in [0.1, 0.15) is 43.4 Å². The molecule has 5 rings (SSSR count). The van der Waals surface area contributed by atoms with Crippen molar-refractivity contribution in [2.45, 2.75) is 49.9 Å². The molecule has 30 heavy (non-hydrogen) atoms. The van der Waals surface area contributed by atoms with Crippen molar-refractivity contribution in [3.05, 3.63) is 108 Å². The molecule has 3 aromatic carbocycles. The quantitative estimate of drug-likeness (QED) is 0.327. The molecule has 0 spiro atoms. The van der Waals surface area contributed by atoms with Crippen molar-refractivity contribution in [1.82, 2.24) is 4.90 Å². The third kappa shape index (κ3) is 2.51. The van der Waals surface area contributed by atoms with E-state index in [9.17, 15) is 4.79 Å². The van der Waals surface area contributed by atoms with Crippen LogP contribution in [-0.4, -0.2) is 28.6 Å². The van der Waals surface area contributed by atoms with E-state index in [0.717, 1.165) is 12.8 Å². The molecule has 3 unspecified atom stereocenters. The largest absolute Gasteiger partial charge is 0.456 e. The van der Waals surface area contributed by atoms with Gasteiger partial charge in [0.05, 0.1) is 11.6 Å². The second kappa shape index (κ2) is 7.10. The van der Waals surface area contributed by atoms with Gasteiger partial charge >= 0.3 is 5.97 Å². The number of fused-ring (bicyclic) bond motifs is 1. The van der Waals surface area contributed by atoms with Crippen molar-refractivity contribution in [3.63, 3.8) is 0 Å². The highest BCUT2D eigenvalue weighted by Gasteiger charge is 2.75. The molecule has 0 bridgehead atoms. The lowest BCUT2D eigenvalue weighted by Gasteiger charge is -2.42. The van der Waals surface area contributed by atoms with Gasteiger partial charge < -0.3 is 4.74 Å². The smallest absolute Gasteiger partial charge is 0.325 e. The first-order valence-electron chi connectivity index (χ1n) is 10.9. The van der Waals surface area contributed by atoms with Crippen LogP contribution >= 0.6 is 0 Å². The summed E-state index contributed by atoms with van der Waals surface area (Å²) in [4.78, 5) is 15.4. The van der Waals surface area contributed by atoms with E-state index in [1.54, 1.807) is 0 Å². The SMILES string of the molecule is CCC1(CC)OC(=O)C2C1N2C(c1ccccc1)(c1ccccc1)c1ccccc1. The van der Waals surface area contributed by atoms with E-state index in [1.165, 1.54) is 16.7 Å². The van der Waals surface area contributed by atoms with Crippen LogP contribution in [0.25, 0.3) is 0 Å². The molecule has 152 valence electrons. The zero-order valence-corrected chi connectivity index (χ0v) is 17.5. The Bertz CT molecular complexity index is 932. The molecule has 2 saturated heterocycles. The second-order valence-corrected chi connectivity index (χ2v) is 8.30. The summed E-state index contributed by atoms with van der Waals surface area (Å²) in [6.07, 6.45) is 1.64. The van der Waals surface area contributed by atoms with E-state index in [0.29, 0.717) is 0 Å². The fourth-order valence-corrected chi connectivity index (χ4v) is 5.55. The van der Waals surface area contributed by atoms with Crippen molar-refractivity contribution >= 4 is 5.97 Å². The van der Waals surface area contributed by atoms with Crippen molar-refractivity contribution in [1.29, 1.82) is 0 Å². The van der Waals surface area contributed by atoms with Gasteiger partial charge in [0.25, 0.3) is 0 Å². The van der Waals surface area contributed by atoms with Gasteiger partial charge in [-0.25, -0.2) is 0 Å². The topological polar surface area (TPSA) is 29.3 Å². The van der Waals surface area contributed by atoms with E-state index < -0.39 is 11.1 Å². The van der Waals surface area contributed by atoms with Gasteiger partial charge in [-0.3, -0.25) is 9.69 Å². The Morgan fingerprint density at radius 2 is 1.17 bits per heavy atom. The molecule has 0 saturated carbocycles. The molecule has 0 N–H and O–H groups in total. The summed E-state index contributed by atoms with van der Waals surface area (Å²) in [6, 6.07) is 31.6. The summed E-state index contributed by atoms with van der Waals surface area (Å²) < 4.78 is 5.96. The number of ether oxygens (including phenoxy) is 1. The molecule has 3 aromatic rings. The van der Waals surface area contributed by atoms with Crippen LogP contribution in [-0.2, 0) is 15.1 Å². The van der Waals surface area contributed by atoms with Crippen LogP contribution in [0.15, 0.2) is 91.0 Å². The van der Waals surface area contributed by atoms with E-state index >= 15 is 0 Å². The number of hydrogen-bond acceptors (Lipinski definition) is 3. The fraction of sp³-hybridized carbons (Fsp3) is 0.296. The number of cyclic esters (lactones) is 1. The van der Waals surface area contributed by atoms with Crippen molar-refractivity contribution in [2.24, 2.45) is 0 Å². The monoisotopic (exact) mass is 397 g/mol. The zero-order chi connectivity index (χ0) is 20.8. The molecular formula is C27H27NO2. The molecule has 3 heteroatoms. The normalized spacial score (nSPS) is 24.2. The van der Waals surface area contributed by atoms with Gasteiger partial charge in [0, 0.05) is 0 Å². The highest BCUT2D eigenvalue weighted by molar-refractivity contribution is 5.85. The Kier molecular flexibility index (Phi) is 4.52. The molecule has 2 aliphatic rings. The van der Waals surface area contributed by atoms with Crippen LogP contribution in [0.2, 0.25) is 0 Å². The summed E-state index contributed by atoms with van der Waals surface area (Å²) in [7, 11) is 0. The van der Waals surface area contributed by atoms with E-state index in [4.69, 9.17) is 4.74 Å². The lowest BCUT2D eigenvalue weighted by molar-refractivity contribution is -0.157. The third-order valence-electron chi connectivity index (χ3n) is 7.05. The second-order valence-electron chi connectivity index (χ2n) is 8.30. The number of rotatable bonds is 6.